The van der Waals surface area contributed by atoms with E-state index in [4.69, 9.17) is 0 Å². The predicted octanol–water partition coefficient (Wildman–Crippen LogP) is 7.15. The van der Waals surface area contributed by atoms with Crippen LogP contribution in [0.5, 0.6) is 0 Å². The average Bonchev–Trinajstić information content (AvgIpc) is 2.63. The molecule has 2 saturated carbocycles. The summed E-state index contributed by atoms with van der Waals surface area (Å²) in [5.41, 5.74) is 2.83. The van der Waals surface area contributed by atoms with Gasteiger partial charge in [-0.2, -0.15) is 0 Å². The van der Waals surface area contributed by atoms with E-state index in [2.05, 4.69) is 31.2 Å². The van der Waals surface area contributed by atoms with Crippen LogP contribution in [-0.2, 0) is 6.42 Å². The van der Waals surface area contributed by atoms with Crippen molar-refractivity contribution in [2.45, 2.75) is 77.1 Å². The van der Waals surface area contributed by atoms with E-state index in [0.717, 1.165) is 38.5 Å². The van der Waals surface area contributed by atoms with E-state index in [1.54, 1.807) is 12.2 Å². The molecule has 1 aromatic carbocycles. The maximum atomic E-state index is 14.4. The molecular weight excluding hydrogens is 314 g/mol. The first kappa shape index (κ1) is 18.6. The highest BCUT2D eigenvalue weighted by Gasteiger charge is 2.45. The number of halogens is 2. The van der Waals surface area contributed by atoms with Crippen LogP contribution in [0.1, 0.15) is 75.8 Å². The summed E-state index contributed by atoms with van der Waals surface area (Å²) in [7, 11) is 0. The van der Waals surface area contributed by atoms with Gasteiger partial charge in [-0.25, -0.2) is 8.78 Å². The number of benzene rings is 1. The van der Waals surface area contributed by atoms with Gasteiger partial charge in [-0.05, 0) is 80.8 Å². The van der Waals surface area contributed by atoms with Gasteiger partial charge in [0.05, 0.1) is 0 Å². The monoisotopic (exact) mass is 346 g/mol. The zero-order chi connectivity index (χ0) is 17.9. The standard InChI is InChI=1S/C23H32F2/c1-3-5-22-15-14-21(16-23(22,24)25)20-12-10-19(11-13-20)18-8-6-17(4-2)7-9-18/h3,5-9,19-22H,4,10-16H2,1-2H3/b5-3+. The molecular formula is C23H32F2. The van der Waals surface area contributed by atoms with E-state index in [1.807, 2.05) is 6.92 Å². The average molecular weight is 347 g/mol. The van der Waals surface area contributed by atoms with E-state index < -0.39 is 11.8 Å². The molecule has 0 N–H and O–H groups in total. The predicted molar refractivity (Wildman–Crippen MR) is 101 cm³/mol. The van der Waals surface area contributed by atoms with Gasteiger partial charge in [-0.1, -0.05) is 43.3 Å². The van der Waals surface area contributed by atoms with E-state index in [1.165, 1.54) is 11.1 Å². The Labute approximate surface area is 151 Å². The second-order valence-electron chi connectivity index (χ2n) is 8.14. The van der Waals surface area contributed by atoms with Crippen molar-refractivity contribution in [2.24, 2.45) is 17.8 Å². The molecule has 0 amide bonds. The molecule has 0 radical (unpaired) electrons. The van der Waals surface area contributed by atoms with Crippen molar-refractivity contribution in [1.29, 1.82) is 0 Å². The lowest BCUT2D eigenvalue weighted by Gasteiger charge is -2.41. The molecule has 0 aromatic heterocycles. The zero-order valence-electron chi connectivity index (χ0n) is 15.7. The Kier molecular flexibility index (Phi) is 5.96. The fraction of sp³-hybridized carbons (Fsp3) is 0.652. The van der Waals surface area contributed by atoms with Crippen molar-refractivity contribution in [3.63, 3.8) is 0 Å². The summed E-state index contributed by atoms with van der Waals surface area (Å²) in [5, 5.41) is 0. The maximum absolute atomic E-state index is 14.4. The van der Waals surface area contributed by atoms with Gasteiger partial charge in [0.1, 0.15) is 0 Å². The van der Waals surface area contributed by atoms with Gasteiger partial charge in [-0.3, -0.25) is 0 Å². The van der Waals surface area contributed by atoms with Gasteiger partial charge in [0.2, 0.25) is 0 Å². The summed E-state index contributed by atoms with van der Waals surface area (Å²) in [4.78, 5) is 0. The van der Waals surface area contributed by atoms with Gasteiger partial charge < -0.3 is 0 Å². The summed E-state index contributed by atoms with van der Waals surface area (Å²) >= 11 is 0. The minimum absolute atomic E-state index is 0.0997. The number of alkyl halides is 2. The molecule has 2 fully saturated rings. The first-order chi connectivity index (χ1) is 12.0. The maximum Gasteiger partial charge on any atom is 0.254 e. The highest BCUT2D eigenvalue weighted by Crippen LogP contribution is 2.48. The van der Waals surface area contributed by atoms with Gasteiger partial charge in [-0.15, -0.1) is 0 Å². The van der Waals surface area contributed by atoms with Crippen LogP contribution in [0, 0.1) is 17.8 Å². The molecule has 2 aliphatic carbocycles. The van der Waals surface area contributed by atoms with Crippen molar-refractivity contribution in [2.75, 3.05) is 0 Å². The third-order valence-electron chi connectivity index (χ3n) is 6.65. The number of hydrogen-bond acceptors (Lipinski definition) is 0. The van der Waals surface area contributed by atoms with Crippen molar-refractivity contribution in [3.05, 3.63) is 47.5 Å². The Balaban J connectivity index is 1.55. The normalized spacial score (nSPS) is 32.8. The largest absolute Gasteiger partial charge is 0.254 e. The van der Waals surface area contributed by atoms with E-state index in [9.17, 15) is 8.78 Å². The van der Waals surface area contributed by atoms with Crippen LogP contribution in [0.2, 0.25) is 0 Å². The quantitative estimate of drug-likeness (QED) is 0.508. The van der Waals surface area contributed by atoms with Crippen LogP contribution >= 0.6 is 0 Å². The van der Waals surface area contributed by atoms with E-state index in [-0.39, 0.29) is 12.3 Å². The molecule has 2 unspecified atom stereocenters. The lowest BCUT2D eigenvalue weighted by molar-refractivity contribution is -0.0956. The second-order valence-corrected chi connectivity index (χ2v) is 8.14. The Hall–Kier alpha value is -1.18. The van der Waals surface area contributed by atoms with Crippen LogP contribution in [-0.4, -0.2) is 5.92 Å². The molecule has 0 bridgehead atoms. The number of rotatable bonds is 4. The summed E-state index contributed by atoms with van der Waals surface area (Å²) in [6, 6.07) is 9.04. The van der Waals surface area contributed by atoms with Gasteiger partial charge in [0.15, 0.2) is 0 Å². The minimum atomic E-state index is -2.51. The summed E-state index contributed by atoms with van der Waals surface area (Å²) in [6.45, 7) is 4.03. The minimum Gasteiger partial charge on any atom is -0.206 e. The van der Waals surface area contributed by atoms with Crippen molar-refractivity contribution >= 4 is 0 Å². The molecule has 1 aromatic rings. The van der Waals surface area contributed by atoms with E-state index in [0.29, 0.717) is 18.3 Å². The fourth-order valence-corrected chi connectivity index (χ4v) is 5.03. The third kappa shape index (κ3) is 4.33. The molecule has 2 atom stereocenters. The Morgan fingerprint density at radius 1 is 0.960 bits per heavy atom. The molecule has 25 heavy (non-hydrogen) atoms. The van der Waals surface area contributed by atoms with Crippen LogP contribution < -0.4 is 0 Å². The van der Waals surface area contributed by atoms with Crippen LogP contribution in [0.4, 0.5) is 8.78 Å². The summed E-state index contributed by atoms with van der Waals surface area (Å²) < 4.78 is 28.8. The topological polar surface area (TPSA) is 0 Å². The Morgan fingerprint density at radius 2 is 1.60 bits per heavy atom. The van der Waals surface area contributed by atoms with Gasteiger partial charge in [0, 0.05) is 12.3 Å². The fourth-order valence-electron chi connectivity index (χ4n) is 5.03. The summed E-state index contributed by atoms with van der Waals surface area (Å²) in [5.74, 6) is -1.70. The van der Waals surface area contributed by atoms with Crippen molar-refractivity contribution in [1.82, 2.24) is 0 Å². The molecule has 3 rings (SSSR count). The lowest BCUT2D eigenvalue weighted by Crippen LogP contribution is -2.38. The highest BCUT2D eigenvalue weighted by molar-refractivity contribution is 5.25. The zero-order valence-corrected chi connectivity index (χ0v) is 15.7. The first-order valence-electron chi connectivity index (χ1n) is 10.1. The Morgan fingerprint density at radius 3 is 2.16 bits per heavy atom. The molecule has 138 valence electrons. The molecule has 0 aliphatic heterocycles. The van der Waals surface area contributed by atoms with Crippen molar-refractivity contribution < 1.29 is 8.78 Å². The third-order valence-corrected chi connectivity index (χ3v) is 6.65. The number of allylic oxidation sites excluding steroid dienone is 2. The van der Waals surface area contributed by atoms with Crippen LogP contribution in [0.3, 0.4) is 0 Å². The van der Waals surface area contributed by atoms with Crippen LogP contribution in [0.15, 0.2) is 36.4 Å². The van der Waals surface area contributed by atoms with Crippen molar-refractivity contribution in [3.8, 4) is 0 Å². The highest BCUT2D eigenvalue weighted by atomic mass is 19.3. The molecule has 2 heteroatoms. The first-order valence-corrected chi connectivity index (χ1v) is 10.1. The molecule has 0 spiro atoms. The SMILES string of the molecule is C/C=C/C1CCC(C2CCC(c3ccc(CC)cc3)CC2)CC1(F)F. The number of aryl methyl sites for hydroxylation is 1. The Bertz CT molecular complexity index is 564. The summed E-state index contributed by atoms with van der Waals surface area (Å²) in [6.07, 6.45) is 10.9. The number of hydrogen-bond donors (Lipinski definition) is 0. The molecule has 0 heterocycles. The molecule has 0 nitrogen and oxygen atoms in total. The van der Waals surface area contributed by atoms with Gasteiger partial charge >= 0.3 is 0 Å². The van der Waals surface area contributed by atoms with E-state index >= 15 is 0 Å². The van der Waals surface area contributed by atoms with Crippen LogP contribution in [0.25, 0.3) is 0 Å². The van der Waals surface area contributed by atoms with Gasteiger partial charge in [0.25, 0.3) is 5.92 Å². The smallest absolute Gasteiger partial charge is 0.206 e. The second kappa shape index (κ2) is 8.01. The lowest BCUT2D eigenvalue weighted by atomic mass is 9.67. The molecule has 2 aliphatic rings. The molecule has 0 saturated heterocycles.